The van der Waals surface area contributed by atoms with Crippen molar-refractivity contribution in [1.29, 1.82) is 0 Å². The topological polar surface area (TPSA) is 77.7 Å². The van der Waals surface area contributed by atoms with Crippen LogP contribution in [0.15, 0.2) is 47.0 Å². The van der Waals surface area contributed by atoms with Crippen molar-refractivity contribution in [3.63, 3.8) is 0 Å². The zero-order valence-corrected chi connectivity index (χ0v) is 15.9. The third kappa shape index (κ3) is 4.53. The molecule has 4 rings (SSSR count). The number of nitrogens with zero attached hydrogens (tertiary/aromatic N) is 3. The van der Waals surface area contributed by atoms with E-state index in [-0.39, 0.29) is 18.5 Å². The first-order valence-corrected chi connectivity index (χ1v) is 9.29. The Balaban J connectivity index is 1.26. The predicted molar refractivity (Wildman–Crippen MR) is 102 cm³/mol. The molecule has 1 aliphatic rings. The van der Waals surface area contributed by atoms with Crippen molar-refractivity contribution < 1.29 is 23.2 Å². The average Bonchev–Trinajstić information content (AvgIpc) is 3.37. The number of ether oxygens (including phenoxy) is 2. The molecule has 8 heteroatoms. The van der Waals surface area contributed by atoms with Crippen LogP contribution in [0.2, 0.25) is 0 Å². The molecule has 0 aliphatic carbocycles. The molecular formula is C21H20FN3O4. The van der Waals surface area contributed by atoms with Crippen molar-refractivity contribution in [2.45, 2.75) is 25.8 Å². The highest BCUT2D eigenvalue weighted by Gasteiger charge is 2.16. The van der Waals surface area contributed by atoms with Gasteiger partial charge in [-0.25, -0.2) is 4.39 Å². The fraction of sp³-hybridized carbons (Fsp3) is 0.286. The maximum Gasteiger partial charge on any atom is 0.231 e. The third-order valence-electron chi connectivity index (χ3n) is 4.63. The summed E-state index contributed by atoms with van der Waals surface area (Å²) in [5.74, 6) is 2.00. The molecule has 0 spiro atoms. The molecule has 1 aliphatic heterocycles. The summed E-state index contributed by atoms with van der Waals surface area (Å²) in [6, 6.07) is 11.6. The number of rotatable bonds is 7. The largest absolute Gasteiger partial charge is 0.454 e. The monoisotopic (exact) mass is 397 g/mol. The minimum atomic E-state index is -0.319. The molecular weight excluding hydrogens is 377 g/mol. The van der Waals surface area contributed by atoms with Gasteiger partial charge in [-0.2, -0.15) is 4.98 Å². The van der Waals surface area contributed by atoms with E-state index >= 15 is 0 Å². The molecule has 0 atom stereocenters. The molecule has 7 nitrogen and oxygen atoms in total. The molecule has 0 saturated carbocycles. The standard InChI is InChI=1S/C21H20FN3O4/c1-25(12-14-5-10-17-18(11-14)28-13-27-17)20(26)4-2-3-19-23-21(24-29-19)15-6-8-16(22)9-7-15/h5-11H,2-4,12-13H2,1H3. The van der Waals surface area contributed by atoms with Gasteiger partial charge >= 0.3 is 0 Å². The van der Waals surface area contributed by atoms with Crippen LogP contribution in [-0.2, 0) is 17.8 Å². The molecule has 0 radical (unpaired) electrons. The van der Waals surface area contributed by atoms with E-state index in [4.69, 9.17) is 14.0 Å². The number of carbonyl (C=O) groups is 1. The van der Waals surface area contributed by atoms with E-state index < -0.39 is 0 Å². The molecule has 0 fully saturated rings. The second-order valence-corrected chi connectivity index (χ2v) is 6.81. The fourth-order valence-electron chi connectivity index (χ4n) is 3.06. The number of hydrogen-bond donors (Lipinski definition) is 0. The number of fused-ring (bicyclic) bond motifs is 1. The number of aryl methyl sites for hydroxylation is 1. The van der Waals surface area contributed by atoms with Gasteiger partial charge in [-0.3, -0.25) is 4.79 Å². The lowest BCUT2D eigenvalue weighted by Gasteiger charge is -2.17. The summed E-state index contributed by atoms with van der Waals surface area (Å²) >= 11 is 0. The highest BCUT2D eigenvalue weighted by molar-refractivity contribution is 5.75. The lowest BCUT2D eigenvalue weighted by molar-refractivity contribution is -0.130. The van der Waals surface area contributed by atoms with Gasteiger partial charge in [0.15, 0.2) is 11.5 Å². The van der Waals surface area contributed by atoms with Crippen molar-refractivity contribution in [2.75, 3.05) is 13.8 Å². The van der Waals surface area contributed by atoms with Gasteiger partial charge in [0.2, 0.25) is 24.4 Å². The Bertz CT molecular complexity index is 1000. The van der Waals surface area contributed by atoms with Crippen LogP contribution in [0.4, 0.5) is 4.39 Å². The second-order valence-electron chi connectivity index (χ2n) is 6.81. The number of aromatic nitrogens is 2. The van der Waals surface area contributed by atoms with Gasteiger partial charge in [-0.05, 0) is 48.4 Å². The fourth-order valence-corrected chi connectivity index (χ4v) is 3.06. The summed E-state index contributed by atoms with van der Waals surface area (Å²) < 4.78 is 28.9. The highest BCUT2D eigenvalue weighted by Crippen LogP contribution is 2.32. The maximum absolute atomic E-state index is 13.0. The molecule has 0 bridgehead atoms. The molecule has 2 heterocycles. The summed E-state index contributed by atoms with van der Waals surface area (Å²) in [6.45, 7) is 0.719. The summed E-state index contributed by atoms with van der Waals surface area (Å²) in [4.78, 5) is 18.4. The molecule has 1 amide bonds. The minimum Gasteiger partial charge on any atom is -0.454 e. The molecule has 0 saturated heterocycles. The van der Waals surface area contributed by atoms with Gasteiger partial charge in [0.25, 0.3) is 0 Å². The number of hydrogen-bond acceptors (Lipinski definition) is 6. The van der Waals surface area contributed by atoms with Crippen molar-refractivity contribution in [3.05, 3.63) is 59.7 Å². The van der Waals surface area contributed by atoms with Crippen LogP contribution >= 0.6 is 0 Å². The van der Waals surface area contributed by atoms with E-state index in [0.29, 0.717) is 48.8 Å². The van der Waals surface area contributed by atoms with E-state index in [1.807, 2.05) is 18.2 Å². The first-order chi connectivity index (χ1) is 14.1. The number of halogens is 1. The van der Waals surface area contributed by atoms with E-state index in [2.05, 4.69) is 10.1 Å². The minimum absolute atomic E-state index is 0.0286. The van der Waals surface area contributed by atoms with Crippen molar-refractivity contribution in [3.8, 4) is 22.9 Å². The molecule has 0 unspecified atom stereocenters. The summed E-state index contributed by atoms with van der Waals surface area (Å²) in [5.41, 5.74) is 1.66. The summed E-state index contributed by atoms with van der Waals surface area (Å²) in [7, 11) is 1.77. The van der Waals surface area contributed by atoms with Gasteiger partial charge in [0, 0.05) is 32.0 Å². The van der Waals surface area contributed by atoms with Crippen LogP contribution < -0.4 is 9.47 Å². The Hall–Kier alpha value is -3.42. The second kappa shape index (κ2) is 8.30. The van der Waals surface area contributed by atoms with Crippen LogP contribution in [0.1, 0.15) is 24.3 Å². The Kier molecular flexibility index (Phi) is 5.41. The average molecular weight is 397 g/mol. The molecule has 150 valence electrons. The van der Waals surface area contributed by atoms with Gasteiger partial charge in [0.1, 0.15) is 5.82 Å². The zero-order chi connectivity index (χ0) is 20.2. The molecule has 3 aromatic rings. The molecule has 1 aromatic heterocycles. The Morgan fingerprint density at radius 2 is 1.93 bits per heavy atom. The van der Waals surface area contributed by atoms with Crippen LogP contribution in [-0.4, -0.2) is 34.8 Å². The normalized spacial score (nSPS) is 12.2. The van der Waals surface area contributed by atoms with Crippen molar-refractivity contribution in [1.82, 2.24) is 15.0 Å². The van der Waals surface area contributed by atoms with Crippen LogP contribution in [0.25, 0.3) is 11.4 Å². The van der Waals surface area contributed by atoms with Crippen LogP contribution in [0.5, 0.6) is 11.5 Å². The maximum atomic E-state index is 13.0. The van der Waals surface area contributed by atoms with Gasteiger partial charge in [-0.1, -0.05) is 11.2 Å². The van der Waals surface area contributed by atoms with Crippen molar-refractivity contribution >= 4 is 5.91 Å². The van der Waals surface area contributed by atoms with E-state index in [0.717, 1.165) is 11.3 Å². The number of amides is 1. The molecule has 29 heavy (non-hydrogen) atoms. The van der Waals surface area contributed by atoms with Crippen LogP contribution in [0, 0.1) is 5.82 Å². The molecule has 0 N–H and O–H groups in total. The van der Waals surface area contributed by atoms with Crippen molar-refractivity contribution in [2.24, 2.45) is 0 Å². The zero-order valence-electron chi connectivity index (χ0n) is 15.9. The lowest BCUT2D eigenvalue weighted by atomic mass is 10.1. The van der Waals surface area contributed by atoms with Crippen LogP contribution in [0.3, 0.4) is 0 Å². The Labute approximate surface area is 167 Å². The Morgan fingerprint density at radius 1 is 1.14 bits per heavy atom. The first-order valence-electron chi connectivity index (χ1n) is 9.29. The van der Waals surface area contributed by atoms with Gasteiger partial charge < -0.3 is 18.9 Å². The lowest BCUT2D eigenvalue weighted by Crippen LogP contribution is -2.25. The highest BCUT2D eigenvalue weighted by atomic mass is 19.1. The summed E-state index contributed by atoms with van der Waals surface area (Å²) in [5, 5.41) is 3.91. The SMILES string of the molecule is CN(Cc1ccc2c(c1)OCO2)C(=O)CCCc1nc(-c2ccc(F)cc2)no1. The number of carbonyl (C=O) groups excluding carboxylic acids is 1. The number of benzene rings is 2. The summed E-state index contributed by atoms with van der Waals surface area (Å²) in [6.07, 6.45) is 1.46. The third-order valence-corrected chi connectivity index (χ3v) is 4.63. The van der Waals surface area contributed by atoms with E-state index in [1.165, 1.54) is 12.1 Å². The van der Waals surface area contributed by atoms with Gasteiger partial charge in [-0.15, -0.1) is 0 Å². The predicted octanol–water partition coefficient (Wildman–Crippen LogP) is 3.59. The van der Waals surface area contributed by atoms with E-state index in [1.54, 1.807) is 24.1 Å². The Morgan fingerprint density at radius 3 is 2.76 bits per heavy atom. The molecule has 2 aromatic carbocycles. The quantitative estimate of drug-likeness (QED) is 0.606. The first kappa shape index (κ1) is 18.9. The smallest absolute Gasteiger partial charge is 0.231 e. The van der Waals surface area contributed by atoms with Gasteiger partial charge in [0.05, 0.1) is 0 Å². The van der Waals surface area contributed by atoms with E-state index in [9.17, 15) is 9.18 Å².